The summed E-state index contributed by atoms with van der Waals surface area (Å²) in [4.78, 5) is 34.5. The molecule has 1 aromatic rings. The van der Waals surface area contributed by atoms with E-state index in [9.17, 15) is 27.6 Å². The zero-order valence-electron chi connectivity index (χ0n) is 9.32. The van der Waals surface area contributed by atoms with E-state index in [0.29, 0.717) is 5.01 Å². The van der Waals surface area contributed by atoms with Crippen LogP contribution in [0.1, 0.15) is 27.1 Å². The molecule has 100 valence electrons. The molecule has 1 aliphatic rings. The summed E-state index contributed by atoms with van der Waals surface area (Å²) < 4.78 is 36.0. The van der Waals surface area contributed by atoms with E-state index >= 15 is 0 Å². The van der Waals surface area contributed by atoms with Crippen LogP contribution in [0.4, 0.5) is 13.2 Å². The van der Waals surface area contributed by atoms with E-state index in [1.165, 1.54) is 24.3 Å². The maximum atomic E-state index is 12.0. The Morgan fingerprint density at radius 3 is 2.00 bits per heavy atom. The number of hydrazine groups is 1. The van der Waals surface area contributed by atoms with Crippen molar-refractivity contribution in [1.82, 2.24) is 10.4 Å². The Bertz CT molecular complexity index is 534. The molecule has 1 N–H and O–H groups in total. The predicted octanol–water partition coefficient (Wildman–Crippen LogP) is 1.27. The third-order valence-electron chi connectivity index (χ3n) is 2.39. The Balaban J connectivity index is 2.15. The molecule has 0 radical (unpaired) electrons. The molecule has 1 aromatic carbocycles. The van der Waals surface area contributed by atoms with Crippen LogP contribution in [0.2, 0.25) is 0 Å². The van der Waals surface area contributed by atoms with Gasteiger partial charge in [0.15, 0.2) is 0 Å². The fourth-order valence-electron chi connectivity index (χ4n) is 1.64. The van der Waals surface area contributed by atoms with Gasteiger partial charge in [0.25, 0.3) is 11.8 Å². The quantitative estimate of drug-likeness (QED) is 0.824. The van der Waals surface area contributed by atoms with Crippen LogP contribution in [0, 0.1) is 0 Å². The molecule has 0 bridgehead atoms. The normalized spacial score (nSPS) is 14.6. The average Bonchev–Trinajstić information content (AvgIpc) is 2.53. The molecule has 0 spiro atoms. The number of halogens is 3. The number of nitrogens with zero attached hydrogens (tertiary/aromatic N) is 1. The van der Waals surface area contributed by atoms with Crippen LogP contribution >= 0.6 is 0 Å². The first kappa shape index (κ1) is 13.1. The van der Waals surface area contributed by atoms with E-state index in [1.807, 2.05) is 0 Å². The Kier molecular flexibility index (Phi) is 3.01. The van der Waals surface area contributed by atoms with Gasteiger partial charge in [-0.1, -0.05) is 12.1 Å². The van der Waals surface area contributed by atoms with E-state index in [0.717, 1.165) is 0 Å². The first-order valence-corrected chi connectivity index (χ1v) is 5.13. The second-order valence-corrected chi connectivity index (χ2v) is 3.82. The zero-order chi connectivity index (χ0) is 14.2. The van der Waals surface area contributed by atoms with Gasteiger partial charge in [0, 0.05) is 0 Å². The molecule has 0 saturated carbocycles. The number of carbonyl (C=O) groups is 3. The second kappa shape index (κ2) is 4.38. The third kappa shape index (κ3) is 2.56. The number of hydrogen-bond acceptors (Lipinski definition) is 3. The molecule has 0 aliphatic carbocycles. The lowest BCUT2D eigenvalue weighted by Crippen LogP contribution is -2.46. The standard InChI is InChI=1S/C11H7F3N2O3/c12-11(13,14)5-8(17)15-16-9(18)6-3-1-2-4-7(6)10(16)19/h1-4H,5H2,(H,15,17). The molecule has 0 saturated heterocycles. The number of imide groups is 1. The minimum atomic E-state index is -4.71. The number of fused-ring (bicyclic) bond motifs is 1. The topological polar surface area (TPSA) is 66.5 Å². The highest BCUT2D eigenvalue weighted by Crippen LogP contribution is 2.22. The van der Waals surface area contributed by atoms with E-state index in [2.05, 4.69) is 0 Å². The molecule has 0 aromatic heterocycles. The molecule has 2 rings (SSSR count). The summed E-state index contributed by atoms with van der Waals surface area (Å²) in [7, 11) is 0. The van der Waals surface area contributed by atoms with Gasteiger partial charge in [-0.05, 0) is 12.1 Å². The Hall–Kier alpha value is -2.38. The molecular weight excluding hydrogens is 265 g/mol. The first-order chi connectivity index (χ1) is 8.79. The fraction of sp³-hybridized carbons (Fsp3) is 0.182. The number of hydrogen-bond donors (Lipinski definition) is 1. The Labute approximate surface area is 105 Å². The van der Waals surface area contributed by atoms with Crippen LogP contribution < -0.4 is 5.43 Å². The number of nitrogens with one attached hydrogen (secondary N) is 1. The van der Waals surface area contributed by atoms with Gasteiger partial charge in [-0.15, -0.1) is 0 Å². The summed E-state index contributed by atoms with van der Waals surface area (Å²) in [6.07, 6.45) is -6.47. The van der Waals surface area contributed by atoms with Crippen LogP contribution in [-0.2, 0) is 4.79 Å². The highest BCUT2D eigenvalue weighted by Gasteiger charge is 2.38. The fourth-order valence-corrected chi connectivity index (χ4v) is 1.64. The van der Waals surface area contributed by atoms with Gasteiger partial charge in [-0.3, -0.25) is 19.8 Å². The van der Waals surface area contributed by atoms with Crippen molar-refractivity contribution in [3.05, 3.63) is 35.4 Å². The van der Waals surface area contributed by atoms with Gasteiger partial charge in [-0.2, -0.15) is 18.2 Å². The lowest BCUT2D eigenvalue weighted by Gasteiger charge is -2.15. The maximum Gasteiger partial charge on any atom is 0.397 e. The first-order valence-electron chi connectivity index (χ1n) is 5.13. The lowest BCUT2D eigenvalue weighted by molar-refractivity contribution is -0.155. The predicted molar refractivity (Wildman–Crippen MR) is 55.8 cm³/mol. The molecule has 8 heteroatoms. The minimum absolute atomic E-state index is 0.0415. The monoisotopic (exact) mass is 272 g/mol. The molecule has 1 aliphatic heterocycles. The number of benzene rings is 1. The van der Waals surface area contributed by atoms with Crippen molar-refractivity contribution >= 4 is 17.7 Å². The van der Waals surface area contributed by atoms with Gasteiger partial charge < -0.3 is 0 Å². The van der Waals surface area contributed by atoms with Crippen molar-refractivity contribution in [2.45, 2.75) is 12.6 Å². The SMILES string of the molecule is O=C(CC(F)(F)F)NN1C(=O)c2ccccc2C1=O. The largest absolute Gasteiger partial charge is 0.397 e. The average molecular weight is 272 g/mol. The van der Waals surface area contributed by atoms with Gasteiger partial charge in [0.2, 0.25) is 5.91 Å². The lowest BCUT2D eigenvalue weighted by atomic mass is 10.1. The molecular formula is C11H7F3N2O3. The highest BCUT2D eigenvalue weighted by atomic mass is 19.4. The van der Waals surface area contributed by atoms with Crippen molar-refractivity contribution in [2.24, 2.45) is 0 Å². The van der Waals surface area contributed by atoms with Crippen molar-refractivity contribution in [2.75, 3.05) is 0 Å². The number of carbonyl (C=O) groups excluding carboxylic acids is 3. The Morgan fingerprint density at radius 2 is 1.58 bits per heavy atom. The van der Waals surface area contributed by atoms with Gasteiger partial charge in [0.05, 0.1) is 11.1 Å². The molecule has 0 fully saturated rings. The van der Waals surface area contributed by atoms with Crippen molar-refractivity contribution in [1.29, 1.82) is 0 Å². The van der Waals surface area contributed by atoms with Crippen LogP contribution in [0.25, 0.3) is 0 Å². The Morgan fingerprint density at radius 1 is 1.11 bits per heavy atom. The maximum absolute atomic E-state index is 12.0. The summed E-state index contributed by atoms with van der Waals surface area (Å²) in [6.45, 7) is 0. The van der Waals surface area contributed by atoms with E-state index in [4.69, 9.17) is 0 Å². The van der Waals surface area contributed by atoms with Crippen LogP contribution in [-0.4, -0.2) is 28.9 Å². The summed E-state index contributed by atoms with van der Waals surface area (Å²) in [5.41, 5.74) is 1.74. The summed E-state index contributed by atoms with van der Waals surface area (Å²) in [5, 5.41) is 0.290. The van der Waals surface area contributed by atoms with Crippen LogP contribution in [0.5, 0.6) is 0 Å². The molecule has 5 nitrogen and oxygen atoms in total. The summed E-state index contributed by atoms with van der Waals surface area (Å²) in [5.74, 6) is -3.17. The van der Waals surface area contributed by atoms with E-state index < -0.39 is 30.3 Å². The van der Waals surface area contributed by atoms with Crippen molar-refractivity contribution in [3.63, 3.8) is 0 Å². The van der Waals surface area contributed by atoms with E-state index in [1.54, 1.807) is 5.43 Å². The minimum Gasteiger partial charge on any atom is -0.273 e. The third-order valence-corrected chi connectivity index (χ3v) is 2.39. The zero-order valence-corrected chi connectivity index (χ0v) is 9.32. The second-order valence-electron chi connectivity index (χ2n) is 3.82. The van der Waals surface area contributed by atoms with Gasteiger partial charge in [-0.25, -0.2) is 0 Å². The summed E-state index contributed by atoms with van der Waals surface area (Å²) in [6, 6.07) is 5.72. The van der Waals surface area contributed by atoms with Gasteiger partial charge in [0.1, 0.15) is 6.42 Å². The number of amides is 3. The smallest absolute Gasteiger partial charge is 0.273 e. The van der Waals surface area contributed by atoms with E-state index in [-0.39, 0.29) is 11.1 Å². The molecule has 0 unspecified atom stereocenters. The van der Waals surface area contributed by atoms with Gasteiger partial charge >= 0.3 is 6.18 Å². The number of alkyl halides is 3. The van der Waals surface area contributed by atoms with Crippen molar-refractivity contribution in [3.8, 4) is 0 Å². The van der Waals surface area contributed by atoms with Crippen LogP contribution in [0.3, 0.4) is 0 Å². The molecule has 1 heterocycles. The molecule has 19 heavy (non-hydrogen) atoms. The number of rotatable bonds is 2. The highest BCUT2D eigenvalue weighted by molar-refractivity contribution is 6.21. The summed E-state index contributed by atoms with van der Waals surface area (Å²) >= 11 is 0. The molecule has 0 atom stereocenters. The molecule has 3 amide bonds. The van der Waals surface area contributed by atoms with Crippen LogP contribution in [0.15, 0.2) is 24.3 Å². The van der Waals surface area contributed by atoms with Crippen molar-refractivity contribution < 1.29 is 27.6 Å².